The normalized spacial score (nSPS) is 11.0. The monoisotopic (exact) mass is 450 g/mol. The summed E-state index contributed by atoms with van der Waals surface area (Å²) in [7, 11) is 0. The van der Waals surface area contributed by atoms with Gasteiger partial charge in [0.25, 0.3) is 0 Å². The number of amides is 1. The van der Waals surface area contributed by atoms with Gasteiger partial charge >= 0.3 is 5.69 Å². The van der Waals surface area contributed by atoms with E-state index in [4.69, 9.17) is 23.2 Å². The summed E-state index contributed by atoms with van der Waals surface area (Å²) < 4.78 is 3.17. The third-order valence-corrected chi connectivity index (χ3v) is 5.25. The van der Waals surface area contributed by atoms with E-state index in [0.717, 1.165) is 11.3 Å². The number of hydrogen-bond donors (Lipinski definition) is 1. The average Bonchev–Trinajstić information content (AvgIpc) is 3.17. The lowest BCUT2D eigenvalue weighted by Crippen LogP contribution is -2.16. The van der Waals surface area contributed by atoms with E-state index in [1.54, 1.807) is 23.7 Å². The Labute approximate surface area is 182 Å². The molecule has 2 aromatic heterocycles. The highest BCUT2D eigenvalue weighted by atomic mass is 35.5. The van der Waals surface area contributed by atoms with E-state index in [9.17, 15) is 14.9 Å². The van der Waals surface area contributed by atoms with Gasteiger partial charge in [-0.3, -0.25) is 24.3 Å². The second-order valence-corrected chi connectivity index (χ2v) is 7.70. The first-order valence-electron chi connectivity index (χ1n) is 9.12. The Morgan fingerprint density at radius 2 is 1.93 bits per heavy atom. The van der Waals surface area contributed by atoms with Crippen LogP contribution in [0.1, 0.15) is 29.1 Å². The van der Waals surface area contributed by atoms with Crippen molar-refractivity contribution in [3.8, 4) is 0 Å². The van der Waals surface area contributed by atoms with Crippen molar-refractivity contribution in [3.63, 3.8) is 0 Å². The summed E-state index contributed by atoms with van der Waals surface area (Å²) in [6.07, 6.45) is 1.44. The quantitative estimate of drug-likeness (QED) is 0.426. The van der Waals surface area contributed by atoms with Crippen LogP contribution < -0.4 is 5.32 Å². The maximum absolute atomic E-state index is 12.4. The third kappa shape index (κ3) is 4.80. The maximum Gasteiger partial charge on any atom is 0.309 e. The van der Waals surface area contributed by atoms with Gasteiger partial charge in [0.05, 0.1) is 28.5 Å². The molecular weight excluding hydrogens is 431 g/mol. The molecule has 1 amide bonds. The number of rotatable bonds is 7. The highest BCUT2D eigenvalue weighted by molar-refractivity contribution is 6.35. The van der Waals surface area contributed by atoms with Crippen LogP contribution in [0.5, 0.6) is 0 Å². The summed E-state index contributed by atoms with van der Waals surface area (Å²) in [4.78, 5) is 22.8. The van der Waals surface area contributed by atoms with Gasteiger partial charge in [-0.15, -0.1) is 0 Å². The second kappa shape index (κ2) is 8.85. The van der Waals surface area contributed by atoms with Crippen molar-refractivity contribution < 1.29 is 9.72 Å². The number of carbonyl (C=O) groups excluding carboxylic acids is 1. The molecule has 0 fully saturated rings. The molecule has 3 rings (SSSR count). The smallest absolute Gasteiger partial charge is 0.309 e. The van der Waals surface area contributed by atoms with Crippen LogP contribution in [0.4, 0.5) is 11.4 Å². The molecule has 0 aliphatic carbocycles. The number of aromatic nitrogens is 4. The molecule has 11 heteroatoms. The van der Waals surface area contributed by atoms with Gasteiger partial charge in [-0.25, -0.2) is 0 Å². The largest absolute Gasteiger partial charge is 0.323 e. The van der Waals surface area contributed by atoms with E-state index in [2.05, 4.69) is 15.5 Å². The number of benzene rings is 1. The first kappa shape index (κ1) is 21.8. The summed E-state index contributed by atoms with van der Waals surface area (Å²) in [5, 5.41) is 23.4. The standard InChI is InChI=1S/C19H20Cl2N6O3/c1-11-17(27(29)30)10-25(23-11)7-6-18(28)22-19-12(2)24-26(13(19)3)9-14-4-5-15(20)8-16(14)21/h4-5,8,10H,6-7,9H2,1-3H3,(H,22,28). The number of aryl methyl sites for hydroxylation is 3. The van der Waals surface area contributed by atoms with Gasteiger partial charge in [0.15, 0.2) is 0 Å². The van der Waals surface area contributed by atoms with Crippen LogP contribution in [-0.2, 0) is 17.9 Å². The summed E-state index contributed by atoms with van der Waals surface area (Å²) in [5.74, 6) is -0.235. The molecule has 0 spiro atoms. The molecule has 0 unspecified atom stereocenters. The molecule has 2 heterocycles. The highest BCUT2D eigenvalue weighted by Gasteiger charge is 2.18. The third-order valence-electron chi connectivity index (χ3n) is 4.67. The van der Waals surface area contributed by atoms with Crippen LogP contribution in [0.3, 0.4) is 0 Å². The number of nitrogens with one attached hydrogen (secondary N) is 1. The Bertz CT molecular complexity index is 1120. The number of nitro groups is 1. The second-order valence-electron chi connectivity index (χ2n) is 6.86. The number of hydrogen-bond acceptors (Lipinski definition) is 5. The molecule has 0 atom stereocenters. The Kier molecular flexibility index (Phi) is 6.42. The molecular formula is C19H20Cl2N6O3. The molecule has 9 nitrogen and oxygen atoms in total. The minimum Gasteiger partial charge on any atom is -0.323 e. The predicted octanol–water partition coefficient (Wildman–Crippen LogP) is 4.30. The first-order valence-corrected chi connectivity index (χ1v) is 9.87. The molecule has 3 aromatic rings. The lowest BCUT2D eigenvalue weighted by Gasteiger charge is -2.09. The van der Waals surface area contributed by atoms with Crippen LogP contribution in [0.25, 0.3) is 0 Å². The summed E-state index contributed by atoms with van der Waals surface area (Å²) in [5.41, 5.74) is 3.21. The van der Waals surface area contributed by atoms with Gasteiger partial charge in [0.1, 0.15) is 11.9 Å². The fourth-order valence-corrected chi connectivity index (χ4v) is 3.53. The predicted molar refractivity (Wildman–Crippen MR) is 114 cm³/mol. The lowest BCUT2D eigenvalue weighted by atomic mass is 10.2. The average molecular weight is 451 g/mol. The number of carbonyl (C=O) groups is 1. The van der Waals surface area contributed by atoms with E-state index in [-0.39, 0.29) is 24.6 Å². The SMILES string of the molecule is Cc1nn(CCC(=O)Nc2c(C)nn(Cc3ccc(Cl)cc3Cl)c2C)cc1[N+](=O)[O-]. The highest BCUT2D eigenvalue weighted by Crippen LogP contribution is 2.25. The van der Waals surface area contributed by atoms with Crippen molar-refractivity contribution in [2.24, 2.45) is 0 Å². The van der Waals surface area contributed by atoms with E-state index < -0.39 is 4.92 Å². The van der Waals surface area contributed by atoms with Gasteiger partial charge in [-0.2, -0.15) is 10.2 Å². The van der Waals surface area contributed by atoms with Gasteiger partial charge in [-0.1, -0.05) is 29.3 Å². The fourth-order valence-electron chi connectivity index (χ4n) is 3.06. The van der Waals surface area contributed by atoms with Crippen LogP contribution >= 0.6 is 23.2 Å². The van der Waals surface area contributed by atoms with E-state index >= 15 is 0 Å². The molecule has 1 N–H and O–H groups in total. The van der Waals surface area contributed by atoms with Gasteiger partial charge in [0, 0.05) is 23.0 Å². The van der Waals surface area contributed by atoms with E-state index in [1.165, 1.54) is 10.9 Å². The van der Waals surface area contributed by atoms with Crippen molar-refractivity contribution in [2.45, 2.75) is 40.3 Å². The van der Waals surface area contributed by atoms with Gasteiger partial charge < -0.3 is 5.32 Å². The molecule has 30 heavy (non-hydrogen) atoms. The Balaban J connectivity index is 1.67. The van der Waals surface area contributed by atoms with Gasteiger partial charge in [0.2, 0.25) is 5.91 Å². The van der Waals surface area contributed by atoms with E-state index in [1.807, 2.05) is 19.9 Å². The van der Waals surface area contributed by atoms with Crippen molar-refractivity contribution in [3.05, 3.63) is 67.2 Å². The van der Waals surface area contributed by atoms with Crippen molar-refractivity contribution in [1.82, 2.24) is 19.6 Å². The zero-order valence-electron chi connectivity index (χ0n) is 16.6. The van der Waals surface area contributed by atoms with Crippen molar-refractivity contribution in [2.75, 3.05) is 5.32 Å². The minimum absolute atomic E-state index is 0.0655. The zero-order valence-corrected chi connectivity index (χ0v) is 18.2. The van der Waals surface area contributed by atoms with Crippen LogP contribution in [-0.4, -0.2) is 30.4 Å². The van der Waals surface area contributed by atoms with Crippen molar-refractivity contribution in [1.29, 1.82) is 0 Å². The van der Waals surface area contributed by atoms with Gasteiger partial charge in [-0.05, 0) is 38.5 Å². The zero-order chi connectivity index (χ0) is 22.0. The lowest BCUT2D eigenvalue weighted by molar-refractivity contribution is -0.385. The fraction of sp³-hybridized carbons (Fsp3) is 0.316. The van der Waals surface area contributed by atoms with Crippen LogP contribution in [0, 0.1) is 30.9 Å². The Morgan fingerprint density at radius 3 is 2.57 bits per heavy atom. The Morgan fingerprint density at radius 1 is 1.20 bits per heavy atom. The summed E-state index contributed by atoms with van der Waals surface area (Å²) in [6, 6.07) is 5.28. The number of halogens is 2. The molecule has 0 saturated heterocycles. The first-order chi connectivity index (χ1) is 14.2. The number of nitrogens with zero attached hydrogens (tertiary/aromatic N) is 5. The van der Waals surface area contributed by atoms with E-state index in [0.29, 0.717) is 33.7 Å². The van der Waals surface area contributed by atoms with Crippen molar-refractivity contribution >= 4 is 40.5 Å². The number of anilines is 1. The molecule has 0 aliphatic heterocycles. The molecule has 0 saturated carbocycles. The molecule has 0 aliphatic rings. The molecule has 0 bridgehead atoms. The molecule has 1 aromatic carbocycles. The molecule has 0 radical (unpaired) electrons. The summed E-state index contributed by atoms with van der Waals surface area (Å²) in [6.45, 7) is 5.90. The summed E-state index contributed by atoms with van der Waals surface area (Å²) >= 11 is 12.2. The van der Waals surface area contributed by atoms with Crippen LogP contribution in [0.2, 0.25) is 10.0 Å². The Hall–Kier alpha value is -2.91. The maximum atomic E-state index is 12.4. The minimum atomic E-state index is -0.493. The van der Waals surface area contributed by atoms with Crippen LogP contribution in [0.15, 0.2) is 24.4 Å². The topological polar surface area (TPSA) is 108 Å². The molecule has 158 valence electrons.